The Labute approximate surface area is 205 Å². The molecule has 0 atom stereocenters. The number of hydrogen-bond acceptors (Lipinski definition) is 3. The highest BCUT2D eigenvalue weighted by atomic mass is 19.1. The first-order chi connectivity index (χ1) is 16.8. The summed E-state index contributed by atoms with van der Waals surface area (Å²) in [6, 6.07) is 18.8. The number of rotatable bonds is 5. The first-order valence-electron chi connectivity index (χ1n) is 12.1. The Morgan fingerprint density at radius 1 is 1.03 bits per heavy atom. The van der Waals surface area contributed by atoms with Gasteiger partial charge in [0.25, 0.3) is 0 Å². The van der Waals surface area contributed by atoms with E-state index in [9.17, 15) is 4.39 Å². The van der Waals surface area contributed by atoms with Crippen molar-refractivity contribution in [3.05, 3.63) is 89.9 Å². The van der Waals surface area contributed by atoms with Crippen LogP contribution in [0.15, 0.2) is 67.2 Å². The van der Waals surface area contributed by atoms with E-state index in [0.717, 1.165) is 70.2 Å². The highest BCUT2D eigenvalue weighted by Crippen LogP contribution is 2.47. The van der Waals surface area contributed by atoms with Crippen LogP contribution >= 0.6 is 0 Å². The highest BCUT2D eigenvalue weighted by molar-refractivity contribution is 6.04. The van der Waals surface area contributed by atoms with E-state index in [2.05, 4.69) is 35.4 Å². The highest BCUT2D eigenvalue weighted by Gasteiger charge is 2.37. The number of nitrogens with one attached hydrogen (secondary N) is 1. The molecule has 4 nitrogen and oxygen atoms in total. The minimum Gasteiger partial charge on any atom is -0.398 e. The minimum absolute atomic E-state index is 0.285. The zero-order valence-electron chi connectivity index (χ0n) is 20.1. The number of aromatic nitrogens is 1. The van der Waals surface area contributed by atoms with Gasteiger partial charge in [-0.15, -0.1) is 0 Å². The van der Waals surface area contributed by atoms with Gasteiger partial charge in [-0.05, 0) is 67.3 Å². The van der Waals surface area contributed by atoms with Gasteiger partial charge in [0.05, 0.1) is 16.7 Å². The van der Waals surface area contributed by atoms with Gasteiger partial charge < -0.3 is 21.4 Å². The van der Waals surface area contributed by atoms with E-state index in [0.29, 0.717) is 11.3 Å². The maximum atomic E-state index is 13.9. The molecule has 0 saturated heterocycles. The average molecular weight is 467 g/mol. The molecule has 5 N–H and O–H groups in total. The summed E-state index contributed by atoms with van der Waals surface area (Å²) in [6.07, 6.45) is 6.30. The zero-order chi connectivity index (χ0) is 24.7. The van der Waals surface area contributed by atoms with Crippen LogP contribution in [0.3, 0.4) is 0 Å². The van der Waals surface area contributed by atoms with Gasteiger partial charge in [-0.25, -0.2) is 4.39 Å². The van der Waals surface area contributed by atoms with Crippen molar-refractivity contribution in [3.63, 3.8) is 0 Å². The van der Waals surface area contributed by atoms with Crippen LogP contribution in [0.1, 0.15) is 55.8 Å². The monoisotopic (exact) mass is 466 g/mol. The van der Waals surface area contributed by atoms with Gasteiger partial charge in [-0.3, -0.25) is 0 Å². The number of nitrogen functional groups attached to an aromatic ring is 1. The molecule has 0 amide bonds. The Kier molecular flexibility index (Phi) is 5.81. The quantitative estimate of drug-likeness (QED) is 0.215. The summed E-state index contributed by atoms with van der Waals surface area (Å²) in [5.74, 6) is -0.285. The smallest absolute Gasteiger partial charge is 0.123 e. The van der Waals surface area contributed by atoms with Crippen LogP contribution in [0.5, 0.6) is 0 Å². The molecule has 5 rings (SSSR count). The molecule has 1 aliphatic rings. The fourth-order valence-electron chi connectivity index (χ4n) is 5.45. The number of hydrogen-bond donors (Lipinski definition) is 3. The van der Waals surface area contributed by atoms with E-state index in [1.807, 2.05) is 19.1 Å². The van der Waals surface area contributed by atoms with Gasteiger partial charge in [0.2, 0.25) is 0 Å². The number of fused-ring (bicyclic) bond motifs is 1. The Balaban J connectivity index is 1.92. The lowest BCUT2D eigenvalue weighted by Gasteiger charge is -2.36. The topological polar surface area (TPSA) is 80.8 Å². The Hall–Kier alpha value is -3.70. The second-order valence-electron chi connectivity index (χ2n) is 9.75. The van der Waals surface area contributed by atoms with E-state index >= 15 is 0 Å². The standard InChI is InChI=1S/C30H31FN4/c1-19(2)20-6-8-21(9-7-20)28-25-17-26(33)22(18-32)16-27(25)35(24-12-10-23(31)11-13-24)29(28)30(34)14-4-3-5-15-30/h6-13,16-18,32H,1,3-5,14-15,33-34H2,2H3. The molecule has 0 radical (unpaired) electrons. The molecule has 0 bridgehead atoms. The summed E-state index contributed by atoms with van der Waals surface area (Å²) < 4.78 is 16.1. The third-order valence-corrected chi connectivity index (χ3v) is 7.30. The summed E-state index contributed by atoms with van der Waals surface area (Å²) in [7, 11) is 0. The molecule has 3 aromatic carbocycles. The summed E-state index contributed by atoms with van der Waals surface area (Å²) in [5, 5.41) is 8.87. The number of anilines is 1. The predicted octanol–water partition coefficient (Wildman–Crippen LogP) is 7.17. The van der Waals surface area contributed by atoms with Crippen molar-refractivity contribution in [3.8, 4) is 16.8 Å². The van der Waals surface area contributed by atoms with E-state index in [1.54, 1.807) is 12.1 Å². The van der Waals surface area contributed by atoms with E-state index < -0.39 is 5.54 Å². The van der Waals surface area contributed by atoms with Crippen molar-refractivity contribution in [2.24, 2.45) is 5.73 Å². The van der Waals surface area contributed by atoms with Crippen LogP contribution in [-0.2, 0) is 5.54 Å². The maximum absolute atomic E-state index is 13.9. The molecule has 1 heterocycles. The molecule has 1 aliphatic carbocycles. The number of benzene rings is 3. The number of nitrogens with two attached hydrogens (primary N) is 2. The predicted molar refractivity (Wildman–Crippen MR) is 145 cm³/mol. The maximum Gasteiger partial charge on any atom is 0.123 e. The van der Waals surface area contributed by atoms with Crippen molar-refractivity contribution < 1.29 is 4.39 Å². The summed E-state index contributed by atoms with van der Waals surface area (Å²) in [6.45, 7) is 6.07. The molecular weight excluding hydrogens is 435 g/mol. The van der Waals surface area contributed by atoms with E-state index in [-0.39, 0.29) is 5.82 Å². The van der Waals surface area contributed by atoms with Gasteiger partial charge in [0.15, 0.2) is 0 Å². The molecule has 1 saturated carbocycles. The van der Waals surface area contributed by atoms with Crippen LogP contribution in [-0.4, -0.2) is 10.8 Å². The Bertz CT molecular complexity index is 1420. The minimum atomic E-state index is -0.548. The van der Waals surface area contributed by atoms with Gasteiger partial charge in [0, 0.05) is 34.1 Å². The summed E-state index contributed by atoms with van der Waals surface area (Å²) in [5.41, 5.74) is 21.2. The first kappa shape index (κ1) is 23.1. The Morgan fingerprint density at radius 2 is 1.69 bits per heavy atom. The zero-order valence-corrected chi connectivity index (χ0v) is 20.1. The second kappa shape index (κ2) is 8.82. The van der Waals surface area contributed by atoms with Crippen molar-refractivity contribution in [2.45, 2.75) is 44.6 Å². The van der Waals surface area contributed by atoms with Crippen molar-refractivity contribution in [2.75, 3.05) is 5.73 Å². The van der Waals surface area contributed by atoms with Gasteiger partial charge in [-0.1, -0.05) is 55.7 Å². The molecule has 0 aliphatic heterocycles. The van der Waals surface area contributed by atoms with Crippen LogP contribution in [0, 0.1) is 11.2 Å². The van der Waals surface area contributed by atoms with Gasteiger partial charge in [0.1, 0.15) is 5.82 Å². The molecule has 35 heavy (non-hydrogen) atoms. The van der Waals surface area contributed by atoms with E-state index in [4.69, 9.17) is 16.9 Å². The SMILES string of the molecule is C=C(C)c1ccc(-c2c(C3(N)CCCCC3)n(-c3ccc(F)cc3)c3cc(C=N)c(N)cc23)cc1. The molecule has 0 spiro atoms. The fraction of sp³-hybridized carbons (Fsp3) is 0.233. The first-order valence-corrected chi connectivity index (χ1v) is 12.1. The second-order valence-corrected chi connectivity index (χ2v) is 9.75. The summed E-state index contributed by atoms with van der Waals surface area (Å²) in [4.78, 5) is 0. The van der Waals surface area contributed by atoms with Crippen LogP contribution < -0.4 is 11.5 Å². The third-order valence-electron chi connectivity index (χ3n) is 7.30. The lowest BCUT2D eigenvalue weighted by molar-refractivity contribution is 0.293. The normalized spacial score (nSPS) is 15.3. The molecule has 1 fully saturated rings. The van der Waals surface area contributed by atoms with Gasteiger partial charge >= 0.3 is 0 Å². The number of halogens is 1. The summed E-state index contributed by atoms with van der Waals surface area (Å²) >= 11 is 0. The van der Waals surface area contributed by atoms with Crippen LogP contribution in [0.2, 0.25) is 0 Å². The Morgan fingerprint density at radius 3 is 2.29 bits per heavy atom. The van der Waals surface area contributed by atoms with Crippen LogP contribution in [0.4, 0.5) is 10.1 Å². The van der Waals surface area contributed by atoms with Crippen LogP contribution in [0.25, 0.3) is 33.3 Å². The average Bonchev–Trinajstić information content (AvgIpc) is 3.19. The third kappa shape index (κ3) is 3.96. The van der Waals surface area contributed by atoms with E-state index in [1.165, 1.54) is 24.8 Å². The molecule has 1 aromatic heterocycles. The lowest BCUT2D eigenvalue weighted by atomic mass is 9.77. The molecular formula is C30H31FN4. The number of nitrogens with zero attached hydrogens (tertiary/aromatic N) is 1. The van der Waals surface area contributed by atoms with Crippen molar-refractivity contribution in [1.82, 2.24) is 4.57 Å². The van der Waals surface area contributed by atoms with Crippen molar-refractivity contribution in [1.29, 1.82) is 5.41 Å². The fourth-order valence-corrected chi connectivity index (χ4v) is 5.45. The molecule has 5 heteroatoms. The lowest BCUT2D eigenvalue weighted by Crippen LogP contribution is -2.40. The van der Waals surface area contributed by atoms with Gasteiger partial charge in [-0.2, -0.15) is 0 Å². The number of allylic oxidation sites excluding steroid dienone is 1. The molecule has 0 unspecified atom stereocenters. The molecule has 4 aromatic rings. The molecule has 178 valence electrons. The van der Waals surface area contributed by atoms with Crippen molar-refractivity contribution >= 4 is 28.4 Å². The largest absolute Gasteiger partial charge is 0.398 e.